The topological polar surface area (TPSA) is 55.1 Å². The first-order valence-corrected chi connectivity index (χ1v) is 7.99. The number of hydrogen-bond donors (Lipinski definition) is 0. The van der Waals surface area contributed by atoms with Crippen molar-refractivity contribution in [3.05, 3.63) is 64.8 Å². The van der Waals surface area contributed by atoms with Crippen LogP contribution in [0.25, 0.3) is 23.1 Å². The summed E-state index contributed by atoms with van der Waals surface area (Å²) in [6.45, 7) is -0.0187. The van der Waals surface area contributed by atoms with Gasteiger partial charge in [-0.15, -0.1) is 0 Å². The molecule has 5 heteroatoms. The highest BCUT2D eigenvalue weighted by Crippen LogP contribution is 2.28. The average molecular weight is 351 g/mol. The molecule has 0 aliphatic rings. The van der Waals surface area contributed by atoms with Crippen molar-refractivity contribution in [1.82, 2.24) is 4.98 Å². The minimum Gasteiger partial charge on any atom is -0.493 e. The maximum atomic E-state index is 8.61. The number of nitrogens with zero attached hydrogens (tertiary/aromatic N) is 2. The Morgan fingerprint density at radius 1 is 1.08 bits per heavy atom. The van der Waals surface area contributed by atoms with E-state index in [0.29, 0.717) is 16.5 Å². The number of ether oxygens (including phenoxy) is 2. The van der Waals surface area contributed by atoms with Crippen LogP contribution in [0.5, 0.6) is 11.5 Å². The van der Waals surface area contributed by atoms with Crippen molar-refractivity contribution in [2.24, 2.45) is 0 Å². The van der Waals surface area contributed by atoms with Crippen LogP contribution in [0.2, 0.25) is 5.02 Å². The van der Waals surface area contributed by atoms with Crippen molar-refractivity contribution < 1.29 is 9.47 Å². The van der Waals surface area contributed by atoms with Gasteiger partial charge in [-0.25, -0.2) is 4.98 Å². The molecule has 0 radical (unpaired) electrons. The van der Waals surface area contributed by atoms with E-state index in [0.717, 1.165) is 22.2 Å². The average Bonchev–Trinajstić information content (AvgIpc) is 2.64. The maximum absolute atomic E-state index is 8.61. The summed E-state index contributed by atoms with van der Waals surface area (Å²) in [4.78, 5) is 4.59. The van der Waals surface area contributed by atoms with Gasteiger partial charge in [-0.3, -0.25) is 0 Å². The van der Waals surface area contributed by atoms with Crippen LogP contribution in [0.3, 0.4) is 0 Å². The molecule has 0 aliphatic carbocycles. The monoisotopic (exact) mass is 350 g/mol. The van der Waals surface area contributed by atoms with Gasteiger partial charge < -0.3 is 9.47 Å². The normalized spacial score (nSPS) is 10.8. The Morgan fingerprint density at radius 2 is 1.92 bits per heavy atom. The largest absolute Gasteiger partial charge is 0.493 e. The quantitative estimate of drug-likeness (QED) is 0.652. The fourth-order valence-corrected chi connectivity index (χ4v) is 2.56. The molecule has 0 amide bonds. The number of halogens is 1. The molecule has 0 unspecified atom stereocenters. The second-order valence-corrected chi connectivity index (χ2v) is 5.70. The maximum Gasteiger partial charge on any atom is 0.174 e. The van der Waals surface area contributed by atoms with Gasteiger partial charge in [0.05, 0.1) is 18.3 Å². The van der Waals surface area contributed by atoms with Crippen LogP contribution in [0, 0.1) is 11.3 Å². The molecule has 2 aromatic carbocycles. The van der Waals surface area contributed by atoms with Gasteiger partial charge in [-0.05, 0) is 42.0 Å². The number of pyridine rings is 1. The fraction of sp³-hybridized carbons (Fsp3) is 0.100. The molecule has 3 aromatic rings. The summed E-state index contributed by atoms with van der Waals surface area (Å²) in [6.07, 6.45) is 3.86. The van der Waals surface area contributed by atoms with Crippen LogP contribution in [0.1, 0.15) is 11.3 Å². The van der Waals surface area contributed by atoms with E-state index in [1.54, 1.807) is 13.2 Å². The Bertz CT molecular complexity index is 977. The molecular weight excluding hydrogens is 336 g/mol. The molecule has 0 N–H and O–H groups in total. The van der Waals surface area contributed by atoms with E-state index in [1.807, 2.05) is 60.7 Å². The highest BCUT2D eigenvalue weighted by Gasteiger charge is 2.04. The number of nitriles is 1. The Kier molecular flexibility index (Phi) is 5.17. The lowest BCUT2D eigenvalue weighted by Gasteiger charge is -2.08. The molecule has 0 saturated carbocycles. The highest BCUT2D eigenvalue weighted by atomic mass is 35.5. The van der Waals surface area contributed by atoms with E-state index in [9.17, 15) is 0 Å². The van der Waals surface area contributed by atoms with Gasteiger partial charge in [0.15, 0.2) is 18.1 Å². The molecule has 0 saturated heterocycles. The first-order chi connectivity index (χ1) is 12.2. The number of benzene rings is 2. The zero-order valence-corrected chi connectivity index (χ0v) is 14.3. The second kappa shape index (κ2) is 7.69. The van der Waals surface area contributed by atoms with Crippen molar-refractivity contribution in [3.8, 4) is 17.6 Å². The third-order valence-corrected chi connectivity index (χ3v) is 3.84. The fourth-order valence-electron chi connectivity index (χ4n) is 2.40. The number of fused-ring (bicyclic) bond motifs is 1. The second-order valence-electron chi connectivity index (χ2n) is 5.26. The summed E-state index contributed by atoms with van der Waals surface area (Å²) < 4.78 is 10.6. The van der Waals surface area contributed by atoms with Crippen LogP contribution < -0.4 is 9.47 Å². The molecule has 0 fully saturated rings. The van der Waals surface area contributed by atoms with E-state index in [-0.39, 0.29) is 6.61 Å². The number of hydrogen-bond acceptors (Lipinski definition) is 4. The Hall–Kier alpha value is -3.03. The predicted octanol–water partition coefficient (Wildman–Crippen LogP) is 4.97. The lowest BCUT2D eigenvalue weighted by atomic mass is 10.1. The van der Waals surface area contributed by atoms with Crippen LogP contribution in [0.15, 0.2) is 48.5 Å². The van der Waals surface area contributed by atoms with Crippen molar-refractivity contribution in [2.45, 2.75) is 0 Å². The highest BCUT2D eigenvalue weighted by molar-refractivity contribution is 6.31. The molecule has 1 aromatic heterocycles. The van der Waals surface area contributed by atoms with Crippen molar-refractivity contribution >= 4 is 34.7 Å². The molecule has 4 nitrogen and oxygen atoms in total. The zero-order chi connectivity index (χ0) is 17.6. The van der Waals surface area contributed by atoms with Crippen LogP contribution >= 0.6 is 11.6 Å². The number of methoxy groups -OCH3 is 1. The predicted molar refractivity (Wildman–Crippen MR) is 99.8 cm³/mol. The Labute approximate surface area is 150 Å². The number of rotatable bonds is 5. The molecule has 3 rings (SSSR count). The van der Waals surface area contributed by atoms with Crippen LogP contribution in [0.4, 0.5) is 0 Å². The molecule has 0 bridgehead atoms. The van der Waals surface area contributed by atoms with Crippen LogP contribution in [-0.2, 0) is 0 Å². The first-order valence-electron chi connectivity index (χ1n) is 7.62. The molecule has 0 aliphatic heterocycles. The van der Waals surface area contributed by atoms with E-state index >= 15 is 0 Å². The lowest BCUT2D eigenvalue weighted by Crippen LogP contribution is -1.96. The molecular formula is C20H15ClN2O2. The minimum atomic E-state index is -0.0187. The molecule has 0 atom stereocenters. The van der Waals surface area contributed by atoms with Gasteiger partial charge in [0.25, 0.3) is 0 Å². The summed E-state index contributed by atoms with van der Waals surface area (Å²) in [7, 11) is 1.57. The third-order valence-electron chi connectivity index (χ3n) is 3.60. The van der Waals surface area contributed by atoms with Gasteiger partial charge in [0, 0.05) is 10.4 Å². The Morgan fingerprint density at radius 3 is 2.72 bits per heavy atom. The molecule has 25 heavy (non-hydrogen) atoms. The van der Waals surface area contributed by atoms with E-state index in [2.05, 4.69) is 4.98 Å². The van der Waals surface area contributed by atoms with E-state index in [1.165, 1.54) is 0 Å². The molecule has 1 heterocycles. The van der Waals surface area contributed by atoms with E-state index < -0.39 is 0 Å². The van der Waals surface area contributed by atoms with Crippen molar-refractivity contribution in [2.75, 3.05) is 13.7 Å². The zero-order valence-electron chi connectivity index (χ0n) is 13.6. The molecule has 0 spiro atoms. The van der Waals surface area contributed by atoms with Gasteiger partial charge in [0.2, 0.25) is 0 Å². The summed E-state index contributed by atoms with van der Waals surface area (Å²) in [6, 6.07) is 17.1. The van der Waals surface area contributed by atoms with Gasteiger partial charge in [-0.2, -0.15) is 5.26 Å². The summed E-state index contributed by atoms with van der Waals surface area (Å²) in [5.41, 5.74) is 2.63. The van der Waals surface area contributed by atoms with Gasteiger partial charge in [0.1, 0.15) is 6.07 Å². The Balaban J connectivity index is 1.85. The summed E-state index contributed by atoms with van der Waals surface area (Å²) >= 11 is 6.02. The molecule has 124 valence electrons. The van der Waals surface area contributed by atoms with Crippen molar-refractivity contribution in [1.29, 1.82) is 5.26 Å². The number of aromatic nitrogens is 1. The van der Waals surface area contributed by atoms with Crippen LogP contribution in [-0.4, -0.2) is 18.7 Å². The lowest BCUT2D eigenvalue weighted by molar-refractivity contribution is 0.329. The van der Waals surface area contributed by atoms with E-state index in [4.69, 9.17) is 26.3 Å². The standard InChI is InChI=1S/C20H15ClN2O2/c1-24-20-12-14(3-9-19(20)25-11-10-22)2-7-17-8-5-15-4-6-16(21)13-18(15)23-17/h2-9,12-13H,11H2,1H3/b7-2+. The summed E-state index contributed by atoms with van der Waals surface area (Å²) in [5, 5.41) is 10.3. The minimum absolute atomic E-state index is 0.0187. The summed E-state index contributed by atoms with van der Waals surface area (Å²) in [5.74, 6) is 1.12. The first kappa shape index (κ1) is 16.8. The van der Waals surface area contributed by atoms with Gasteiger partial charge in [-0.1, -0.05) is 35.9 Å². The SMILES string of the molecule is COc1cc(/C=C/c2ccc3ccc(Cl)cc3n2)ccc1OCC#N. The smallest absolute Gasteiger partial charge is 0.174 e. The third kappa shape index (κ3) is 4.09. The van der Waals surface area contributed by atoms with Crippen molar-refractivity contribution in [3.63, 3.8) is 0 Å². The van der Waals surface area contributed by atoms with Gasteiger partial charge >= 0.3 is 0 Å².